The van der Waals surface area contributed by atoms with Gasteiger partial charge >= 0.3 is 0 Å². The molecule has 0 saturated heterocycles. The van der Waals surface area contributed by atoms with Gasteiger partial charge in [-0.3, -0.25) is 0 Å². The predicted octanol–water partition coefficient (Wildman–Crippen LogP) is 4.85. The van der Waals surface area contributed by atoms with E-state index in [4.69, 9.17) is 4.74 Å². The van der Waals surface area contributed by atoms with Crippen LogP contribution in [0.3, 0.4) is 0 Å². The van der Waals surface area contributed by atoms with Crippen molar-refractivity contribution in [3.05, 3.63) is 45.1 Å². The second-order valence-corrected chi connectivity index (χ2v) is 6.20. The Bertz CT molecular complexity index is 740. The number of hydrogen-bond acceptors (Lipinski definition) is 4. The second kappa shape index (κ2) is 5.15. The Morgan fingerprint density at radius 1 is 1.21 bits per heavy atom. The molecule has 4 heteroatoms. The van der Waals surface area contributed by atoms with Gasteiger partial charge in [-0.05, 0) is 54.3 Å². The van der Waals surface area contributed by atoms with E-state index in [-0.39, 0.29) is 0 Å². The van der Waals surface area contributed by atoms with Crippen molar-refractivity contribution >= 4 is 45.0 Å². The first-order valence-corrected chi connectivity index (χ1v) is 7.62. The fourth-order valence-electron chi connectivity index (χ4n) is 1.82. The highest BCUT2D eigenvalue weighted by Gasteiger charge is 2.03. The highest BCUT2D eigenvalue weighted by Crippen LogP contribution is 2.28. The molecule has 0 aliphatic rings. The molecule has 0 unspecified atom stereocenters. The average Bonchev–Trinajstić information content (AvgIpc) is 3.01. The zero-order valence-electron chi connectivity index (χ0n) is 10.7. The molecule has 2 aromatic heterocycles. The van der Waals surface area contributed by atoms with Crippen LogP contribution in [-0.2, 0) is 0 Å². The molecular formula is C15H13NOS2. The van der Waals surface area contributed by atoms with Crippen LogP contribution in [0.25, 0.3) is 22.4 Å². The number of thiazole rings is 1. The highest BCUT2D eigenvalue weighted by atomic mass is 32.1. The van der Waals surface area contributed by atoms with Crippen LogP contribution in [0, 0.1) is 6.92 Å². The molecule has 0 aliphatic carbocycles. The molecule has 0 saturated carbocycles. The summed E-state index contributed by atoms with van der Waals surface area (Å²) in [6.07, 6.45) is 4.21. The molecule has 0 bridgehead atoms. The lowest BCUT2D eigenvalue weighted by Crippen LogP contribution is -1.80. The molecule has 0 radical (unpaired) electrons. The van der Waals surface area contributed by atoms with Gasteiger partial charge in [-0.2, -0.15) is 0 Å². The molecule has 0 aliphatic heterocycles. The Kier molecular flexibility index (Phi) is 3.36. The van der Waals surface area contributed by atoms with E-state index < -0.39 is 0 Å². The summed E-state index contributed by atoms with van der Waals surface area (Å²) in [5, 5.41) is 3.13. The second-order valence-electron chi connectivity index (χ2n) is 4.19. The van der Waals surface area contributed by atoms with E-state index >= 15 is 0 Å². The maximum Gasteiger partial charge on any atom is 0.120 e. The quantitative estimate of drug-likeness (QED) is 0.687. The molecule has 0 amide bonds. The highest BCUT2D eigenvalue weighted by molar-refractivity contribution is 7.19. The molecule has 0 spiro atoms. The molecule has 0 atom stereocenters. The lowest BCUT2D eigenvalue weighted by Gasteiger charge is -1.96. The number of ether oxygens (including phenoxy) is 1. The maximum absolute atomic E-state index is 5.23. The van der Waals surface area contributed by atoms with E-state index in [1.165, 1.54) is 10.4 Å². The summed E-state index contributed by atoms with van der Waals surface area (Å²) in [7, 11) is 1.68. The number of hydrogen-bond donors (Lipinski definition) is 0. The van der Waals surface area contributed by atoms with Crippen molar-refractivity contribution in [3.63, 3.8) is 0 Å². The van der Waals surface area contributed by atoms with Gasteiger partial charge in [0.2, 0.25) is 0 Å². The molecule has 2 nitrogen and oxygen atoms in total. The zero-order chi connectivity index (χ0) is 13.2. The van der Waals surface area contributed by atoms with Crippen molar-refractivity contribution in [1.29, 1.82) is 0 Å². The fraction of sp³-hybridized carbons (Fsp3) is 0.133. The summed E-state index contributed by atoms with van der Waals surface area (Å²) in [4.78, 5) is 5.89. The van der Waals surface area contributed by atoms with E-state index in [1.807, 2.05) is 18.2 Å². The van der Waals surface area contributed by atoms with Crippen LogP contribution >= 0.6 is 22.7 Å². The zero-order valence-corrected chi connectivity index (χ0v) is 12.3. The minimum atomic E-state index is 0.876. The normalized spacial score (nSPS) is 11.5. The van der Waals surface area contributed by atoms with Gasteiger partial charge in [0.1, 0.15) is 10.8 Å². The van der Waals surface area contributed by atoms with Crippen molar-refractivity contribution in [2.45, 2.75) is 6.92 Å². The third-order valence-corrected chi connectivity index (χ3v) is 4.86. The van der Waals surface area contributed by atoms with Gasteiger partial charge in [-0.1, -0.05) is 0 Å². The Balaban J connectivity index is 1.93. The van der Waals surface area contributed by atoms with Gasteiger partial charge in [0.25, 0.3) is 0 Å². The number of thiophene rings is 1. The number of aromatic nitrogens is 1. The van der Waals surface area contributed by atoms with E-state index in [1.54, 1.807) is 29.8 Å². The predicted molar refractivity (Wildman–Crippen MR) is 84.2 cm³/mol. The smallest absolute Gasteiger partial charge is 0.120 e. The largest absolute Gasteiger partial charge is 0.497 e. The van der Waals surface area contributed by atoms with Crippen LogP contribution in [0.1, 0.15) is 15.4 Å². The van der Waals surface area contributed by atoms with Crippen LogP contribution in [0.2, 0.25) is 0 Å². The Morgan fingerprint density at radius 2 is 2.11 bits per heavy atom. The van der Waals surface area contributed by atoms with Gasteiger partial charge < -0.3 is 4.74 Å². The topological polar surface area (TPSA) is 22.1 Å². The number of rotatable bonds is 3. The van der Waals surface area contributed by atoms with Crippen molar-refractivity contribution < 1.29 is 4.74 Å². The SMILES string of the molecule is COc1ccc2nc(/C=C/c3sccc3C)sc2c1. The first kappa shape index (κ1) is 12.4. The van der Waals surface area contributed by atoms with Crippen molar-refractivity contribution in [2.75, 3.05) is 7.11 Å². The summed E-state index contributed by atoms with van der Waals surface area (Å²) in [5.41, 5.74) is 2.33. The first-order chi connectivity index (χ1) is 9.26. The number of fused-ring (bicyclic) bond motifs is 1. The summed E-state index contributed by atoms with van der Waals surface area (Å²) < 4.78 is 6.38. The third kappa shape index (κ3) is 2.55. The van der Waals surface area contributed by atoms with E-state index in [0.717, 1.165) is 21.0 Å². The Hall–Kier alpha value is -1.65. The lowest BCUT2D eigenvalue weighted by molar-refractivity contribution is 0.415. The number of nitrogens with zero attached hydrogens (tertiary/aromatic N) is 1. The summed E-state index contributed by atoms with van der Waals surface area (Å²) in [5.74, 6) is 0.876. The maximum atomic E-state index is 5.23. The number of aryl methyl sites for hydroxylation is 1. The van der Waals surface area contributed by atoms with Crippen LogP contribution in [0.4, 0.5) is 0 Å². The molecule has 2 heterocycles. The van der Waals surface area contributed by atoms with Crippen LogP contribution in [-0.4, -0.2) is 12.1 Å². The molecule has 3 rings (SSSR count). The third-order valence-electron chi connectivity index (χ3n) is 2.89. The van der Waals surface area contributed by atoms with Gasteiger partial charge in [-0.15, -0.1) is 22.7 Å². The van der Waals surface area contributed by atoms with Crippen molar-refractivity contribution in [1.82, 2.24) is 4.98 Å². The minimum absolute atomic E-state index is 0.876. The van der Waals surface area contributed by atoms with E-state index in [0.29, 0.717) is 0 Å². The first-order valence-electron chi connectivity index (χ1n) is 5.93. The lowest BCUT2D eigenvalue weighted by atomic mass is 10.3. The molecule has 0 N–H and O–H groups in total. The van der Waals surface area contributed by atoms with E-state index in [9.17, 15) is 0 Å². The van der Waals surface area contributed by atoms with E-state index in [2.05, 4.69) is 35.5 Å². The molecule has 1 aromatic carbocycles. The van der Waals surface area contributed by atoms with Gasteiger partial charge in [0, 0.05) is 4.88 Å². The molecule has 19 heavy (non-hydrogen) atoms. The fourth-order valence-corrected chi connectivity index (χ4v) is 3.54. The van der Waals surface area contributed by atoms with Gasteiger partial charge in [0.05, 0.1) is 17.3 Å². The van der Waals surface area contributed by atoms with Crippen molar-refractivity contribution in [3.8, 4) is 5.75 Å². The molecule has 3 aromatic rings. The van der Waals surface area contributed by atoms with Crippen molar-refractivity contribution in [2.24, 2.45) is 0 Å². The number of methoxy groups -OCH3 is 1. The average molecular weight is 287 g/mol. The Morgan fingerprint density at radius 3 is 2.84 bits per heavy atom. The summed E-state index contributed by atoms with van der Waals surface area (Å²) >= 11 is 3.43. The Labute approximate surface area is 120 Å². The molecule has 0 fully saturated rings. The summed E-state index contributed by atoms with van der Waals surface area (Å²) in [6, 6.07) is 8.10. The van der Waals surface area contributed by atoms with Crippen LogP contribution in [0.15, 0.2) is 29.6 Å². The molecule has 96 valence electrons. The van der Waals surface area contributed by atoms with Gasteiger partial charge in [0.15, 0.2) is 0 Å². The molecular weight excluding hydrogens is 274 g/mol. The van der Waals surface area contributed by atoms with Crippen LogP contribution < -0.4 is 4.74 Å². The summed E-state index contributed by atoms with van der Waals surface area (Å²) in [6.45, 7) is 2.12. The number of benzene rings is 1. The monoisotopic (exact) mass is 287 g/mol. The van der Waals surface area contributed by atoms with Crippen LogP contribution in [0.5, 0.6) is 5.75 Å². The minimum Gasteiger partial charge on any atom is -0.497 e. The van der Waals surface area contributed by atoms with Gasteiger partial charge in [-0.25, -0.2) is 4.98 Å². The standard InChI is InChI=1S/C15H13NOS2/c1-10-7-8-18-13(10)5-6-15-16-12-4-3-11(17-2)9-14(12)19-15/h3-9H,1-2H3/b6-5+.